The molecule has 4 rings (SSSR count). The van der Waals surface area contributed by atoms with Gasteiger partial charge in [-0.25, -0.2) is 13.4 Å². The first-order chi connectivity index (χ1) is 15.4. The van der Waals surface area contributed by atoms with Crippen LogP contribution in [0.25, 0.3) is 4.96 Å². The number of carbonyl (C=O) groups is 1. The summed E-state index contributed by atoms with van der Waals surface area (Å²) in [6.07, 6.45) is 3.13. The third-order valence-electron chi connectivity index (χ3n) is 5.38. The van der Waals surface area contributed by atoms with E-state index in [1.165, 1.54) is 37.9 Å². The molecule has 170 valence electrons. The Morgan fingerprint density at radius 2 is 1.97 bits per heavy atom. The first-order valence-electron chi connectivity index (χ1n) is 10.3. The average molecular weight is 493 g/mol. The Morgan fingerprint density at radius 1 is 1.22 bits per heavy atom. The van der Waals surface area contributed by atoms with Gasteiger partial charge in [-0.3, -0.25) is 14.0 Å². The first kappa shape index (κ1) is 23.0. The number of fused-ring (bicyclic) bond motifs is 1. The summed E-state index contributed by atoms with van der Waals surface area (Å²) in [6, 6.07) is 9.98. The van der Waals surface area contributed by atoms with Gasteiger partial charge < -0.3 is 5.32 Å². The molecule has 0 unspecified atom stereocenters. The molecule has 32 heavy (non-hydrogen) atoms. The van der Waals surface area contributed by atoms with Crippen LogP contribution in [0.3, 0.4) is 0 Å². The van der Waals surface area contributed by atoms with Gasteiger partial charge in [0.2, 0.25) is 15.9 Å². The number of thiazole rings is 1. The second-order valence-electron chi connectivity index (χ2n) is 7.60. The Morgan fingerprint density at radius 3 is 2.72 bits per heavy atom. The molecule has 0 bridgehead atoms. The molecule has 1 N–H and O–H groups in total. The summed E-state index contributed by atoms with van der Waals surface area (Å²) in [5.41, 5.74) is 0.555. The molecule has 1 aromatic carbocycles. The molecule has 1 aliphatic rings. The van der Waals surface area contributed by atoms with Gasteiger partial charge in [-0.1, -0.05) is 18.2 Å². The van der Waals surface area contributed by atoms with E-state index >= 15 is 0 Å². The molecule has 3 aromatic rings. The molecule has 11 heteroatoms. The van der Waals surface area contributed by atoms with Crippen LogP contribution >= 0.6 is 23.1 Å². The van der Waals surface area contributed by atoms with Gasteiger partial charge >= 0.3 is 0 Å². The summed E-state index contributed by atoms with van der Waals surface area (Å²) in [5, 5.41) is 4.76. The van der Waals surface area contributed by atoms with Gasteiger partial charge in [0.1, 0.15) is 0 Å². The number of sulfonamides is 1. The van der Waals surface area contributed by atoms with Crippen molar-refractivity contribution in [1.82, 2.24) is 19.0 Å². The van der Waals surface area contributed by atoms with E-state index in [9.17, 15) is 18.0 Å². The number of rotatable bonds is 8. The Balaban J connectivity index is 1.18. The van der Waals surface area contributed by atoms with E-state index in [0.717, 1.165) is 0 Å². The number of piperidine rings is 1. The Hall–Kier alpha value is -2.21. The van der Waals surface area contributed by atoms with Crippen molar-refractivity contribution in [2.45, 2.75) is 23.5 Å². The lowest BCUT2D eigenvalue weighted by Gasteiger charge is -2.31. The molecule has 1 aliphatic heterocycles. The predicted molar refractivity (Wildman–Crippen MR) is 126 cm³/mol. The van der Waals surface area contributed by atoms with Gasteiger partial charge in [-0.05, 0) is 30.9 Å². The zero-order chi connectivity index (χ0) is 22.6. The van der Waals surface area contributed by atoms with Crippen LogP contribution in [-0.2, 0) is 20.6 Å². The van der Waals surface area contributed by atoms with Crippen LogP contribution in [0.5, 0.6) is 0 Å². The fourth-order valence-corrected chi connectivity index (χ4v) is 6.59. The number of hydrogen-bond acceptors (Lipinski definition) is 7. The van der Waals surface area contributed by atoms with Crippen molar-refractivity contribution in [2.24, 2.45) is 5.92 Å². The van der Waals surface area contributed by atoms with E-state index in [1.54, 1.807) is 36.5 Å². The van der Waals surface area contributed by atoms with Crippen LogP contribution in [-0.4, -0.2) is 53.4 Å². The number of aromatic nitrogens is 2. The van der Waals surface area contributed by atoms with Crippen molar-refractivity contribution in [2.75, 3.05) is 25.4 Å². The van der Waals surface area contributed by atoms with Crippen LogP contribution in [0.15, 0.2) is 57.7 Å². The second-order valence-corrected chi connectivity index (χ2v) is 11.4. The van der Waals surface area contributed by atoms with Gasteiger partial charge in [0.05, 0.1) is 16.3 Å². The van der Waals surface area contributed by atoms with E-state index in [-0.39, 0.29) is 23.1 Å². The molecule has 0 saturated carbocycles. The Labute approximate surface area is 194 Å². The minimum Gasteiger partial charge on any atom is -0.355 e. The van der Waals surface area contributed by atoms with Crippen molar-refractivity contribution in [3.63, 3.8) is 0 Å². The van der Waals surface area contributed by atoms with Crippen LogP contribution in [0.4, 0.5) is 0 Å². The third-order valence-corrected chi connectivity index (χ3v) is 9.02. The van der Waals surface area contributed by atoms with Gasteiger partial charge in [-0.2, -0.15) is 4.31 Å². The number of nitrogens with one attached hydrogen (secondary N) is 1. The normalized spacial score (nSPS) is 15.8. The van der Waals surface area contributed by atoms with Crippen LogP contribution in [0.1, 0.15) is 18.5 Å². The highest BCUT2D eigenvalue weighted by molar-refractivity contribution is 7.99. The minimum atomic E-state index is -3.45. The van der Waals surface area contributed by atoms with E-state index in [1.807, 2.05) is 5.38 Å². The lowest BCUT2D eigenvalue weighted by atomic mass is 9.98. The molecule has 0 spiro atoms. The number of amides is 1. The highest BCUT2D eigenvalue weighted by atomic mass is 32.2. The summed E-state index contributed by atoms with van der Waals surface area (Å²) in [5.74, 6) is 0.969. The van der Waals surface area contributed by atoms with E-state index < -0.39 is 10.0 Å². The summed E-state index contributed by atoms with van der Waals surface area (Å²) >= 11 is 2.82. The van der Waals surface area contributed by atoms with Crippen molar-refractivity contribution >= 4 is 44.0 Å². The van der Waals surface area contributed by atoms with Gasteiger partial charge in [0.15, 0.2) is 4.96 Å². The fourth-order valence-electron chi connectivity index (χ4n) is 3.61. The standard InChI is InChI=1S/C21H24N4O4S3/c26-19(15-30-14-17-12-20(27)25-10-11-31-21(25)23-17)22-13-16-6-8-24(9-7-16)32(28,29)18-4-2-1-3-5-18/h1-5,10-12,16H,6-9,13-15H2,(H,22,26). The Kier molecular flexibility index (Phi) is 7.29. The molecule has 0 atom stereocenters. The number of nitrogens with zero attached hydrogens (tertiary/aromatic N) is 3. The van der Waals surface area contributed by atoms with Crippen molar-refractivity contribution in [1.29, 1.82) is 0 Å². The van der Waals surface area contributed by atoms with Gasteiger partial charge in [-0.15, -0.1) is 23.1 Å². The van der Waals surface area contributed by atoms with Gasteiger partial charge in [0, 0.05) is 43.0 Å². The van der Waals surface area contributed by atoms with E-state index in [0.29, 0.717) is 53.8 Å². The molecule has 0 radical (unpaired) electrons. The van der Waals surface area contributed by atoms with Crippen LogP contribution in [0.2, 0.25) is 0 Å². The lowest BCUT2D eigenvalue weighted by molar-refractivity contribution is -0.118. The zero-order valence-electron chi connectivity index (χ0n) is 17.3. The minimum absolute atomic E-state index is 0.0664. The summed E-state index contributed by atoms with van der Waals surface area (Å²) in [4.78, 5) is 29.6. The molecular formula is C21H24N4O4S3. The summed E-state index contributed by atoms with van der Waals surface area (Å²) in [7, 11) is -3.45. The molecular weight excluding hydrogens is 468 g/mol. The quantitative estimate of drug-likeness (QED) is 0.517. The lowest BCUT2D eigenvalue weighted by Crippen LogP contribution is -2.41. The van der Waals surface area contributed by atoms with Gasteiger partial charge in [0.25, 0.3) is 5.56 Å². The maximum absolute atomic E-state index is 12.7. The van der Waals surface area contributed by atoms with Crippen molar-refractivity contribution < 1.29 is 13.2 Å². The average Bonchev–Trinajstić information content (AvgIpc) is 3.28. The maximum atomic E-state index is 12.7. The third kappa shape index (κ3) is 5.40. The highest BCUT2D eigenvalue weighted by Gasteiger charge is 2.29. The molecule has 1 saturated heterocycles. The topological polar surface area (TPSA) is 101 Å². The van der Waals surface area contributed by atoms with Crippen molar-refractivity contribution in [3.05, 3.63) is 64.0 Å². The predicted octanol–water partition coefficient (Wildman–Crippen LogP) is 2.21. The maximum Gasteiger partial charge on any atom is 0.258 e. The second kappa shape index (κ2) is 10.2. The van der Waals surface area contributed by atoms with E-state index in [2.05, 4.69) is 10.3 Å². The molecule has 0 aliphatic carbocycles. The number of thioether (sulfide) groups is 1. The molecule has 8 nitrogen and oxygen atoms in total. The molecule has 1 fully saturated rings. The monoisotopic (exact) mass is 492 g/mol. The summed E-state index contributed by atoms with van der Waals surface area (Å²) < 4.78 is 28.4. The van der Waals surface area contributed by atoms with Crippen LogP contribution < -0.4 is 10.9 Å². The number of benzene rings is 1. The largest absolute Gasteiger partial charge is 0.355 e. The zero-order valence-corrected chi connectivity index (χ0v) is 19.8. The fraction of sp³-hybridized carbons (Fsp3) is 0.381. The number of carbonyl (C=O) groups excluding carboxylic acids is 1. The molecule has 3 heterocycles. The summed E-state index contributed by atoms with van der Waals surface area (Å²) in [6.45, 7) is 1.46. The Bertz CT molecular complexity index is 1230. The highest BCUT2D eigenvalue weighted by Crippen LogP contribution is 2.23. The number of hydrogen-bond donors (Lipinski definition) is 1. The van der Waals surface area contributed by atoms with Crippen molar-refractivity contribution in [3.8, 4) is 0 Å². The SMILES string of the molecule is O=C(CSCc1cc(=O)n2ccsc2n1)NCC1CCN(S(=O)(=O)c2ccccc2)CC1. The molecule has 1 amide bonds. The van der Waals surface area contributed by atoms with Crippen LogP contribution in [0, 0.1) is 5.92 Å². The molecule has 2 aromatic heterocycles. The smallest absolute Gasteiger partial charge is 0.258 e. The van der Waals surface area contributed by atoms with E-state index in [4.69, 9.17) is 0 Å². The first-order valence-corrected chi connectivity index (χ1v) is 13.8.